The summed E-state index contributed by atoms with van der Waals surface area (Å²) in [5.41, 5.74) is 0. The van der Waals surface area contributed by atoms with Crippen LogP contribution in [0.3, 0.4) is 0 Å². The van der Waals surface area contributed by atoms with Crippen molar-refractivity contribution in [3.8, 4) is 0 Å². The molecule has 0 aromatic rings. The van der Waals surface area contributed by atoms with Crippen LogP contribution >= 0.6 is 0 Å². The van der Waals surface area contributed by atoms with Crippen molar-refractivity contribution in [3.05, 3.63) is 0 Å². The van der Waals surface area contributed by atoms with Crippen molar-refractivity contribution in [2.45, 2.75) is 95.8 Å². The monoisotopic (exact) mass is 346 g/mol. The maximum Gasteiger partial charge on any atom is 1.00 e. The third-order valence-corrected chi connectivity index (χ3v) is 5.04. The summed E-state index contributed by atoms with van der Waals surface area (Å²) in [6.07, 6.45) is 8.45. The van der Waals surface area contributed by atoms with Crippen LogP contribution in [0, 0.1) is 0 Å². The summed E-state index contributed by atoms with van der Waals surface area (Å²) >= 11 is 0. The first-order chi connectivity index (χ1) is 9.41. The van der Waals surface area contributed by atoms with E-state index in [1.807, 2.05) is 0 Å². The molecule has 0 aromatic carbocycles. The first-order valence-corrected chi connectivity index (χ1v) is 9.51. The average molecular weight is 347 g/mol. The minimum Gasteiger partial charge on any atom is -0.748 e. The Kier molecular flexibility index (Phi) is 17.8. The van der Waals surface area contributed by atoms with Gasteiger partial charge in [0.2, 0.25) is 0 Å². The summed E-state index contributed by atoms with van der Waals surface area (Å²) in [4.78, 5) is 0. The molecule has 4 nitrogen and oxygen atoms in total. The molecule has 0 aliphatic heterocycles. The molecule has 0 rings (SSSR count). The fourth-order valence-electron chi connectivity index (χ4n) is 2.38. The molecule has 0 amide bonds. The number of unbranched alkanes of at least 4 members (excludes halogenated alkanes) is 5. The van der Waals surface area contributed by atoms with Gasteiger partial charge in [-0.15, -0.1) is 0 Å². The Bertz CT molecular complexity index is 320. The molecule has 2 unspecified atom stereocenters. The van der Waals surface area contributed by atoms with Crippen LogP contribution in [-0.4, -0.2) is 29.4 Å². The van der Waals surface area contributed by atoms with E-state index in [9.17, 15) is 18.1 Å². The molecule has 6 heteroatoms. The normalized spacial score (nSPS) is 14.5. The van der Waals surface area contributed by atoms with Crippen LogP contribution in [-0.2, 0) is 10.1 Å². The minimum atomic E-state index is -4.23. The maximum absolute atomic E-state index is 11.2. The van der Waals surface area contributed by atoms with Gasteiger partial charge in [0.15, 0.2) is 0 Å². The molecule has 0 aliphatic rings. The Morgan fingerprint density at radius 2 is 1.38 bits per heavy atom. The number of hydrogen-bond acceptors (Lipinski definition) is 4. The van der Waals surface area contributed by atoms with Gasteiger partial charge in [0.05, 0.1) is 16.2 Å². The van der Waals surface area contributed by atoms with Crippen molar-refractivity contribution >= 4 is 10.1 Å². The number of aliphatic hydroxyl groups excluding tert-OH is 1. The molecular formula is C15H31KO4S. The third kappa shape index (κ3) is 14.8. The van der Waals surface area contributed by atoms with Crippen LogP contribution in [0.2, 0.25) is 0 Å². The largest absolute Gasteiger partial charge is 1.00 e. The van der Waals surface area contributed by atoms with Crippen LogP contribution in [0.25, 0.3) is 0 Å². The second kappa shape index (κ2) is 15.1. The van der Waals surface area contributed by atoms with Gasteiger partial charge >= 0.3 is 51.4 Å². The van der Waals surface area contributed by atoms with E-state index < -0.39 is 21.5 Å². The average Bonchev–Trinajstić information content (AvgIpc) is 2.36. The summed E-state index contributed by atoms with van der Waals surface area (Å²) in [6, 6.07) is 0. The zero-order valence-corrected chi connectivity index (χ0v) is 18.0. The van der Waals surface area contributed by atoms with Crippen LogP contribution in [0.4, 0.5) is 0 Å². The first-order valence-electron chi connectivity index (χ1n) is 8.04. The zero-order chi connectivity index (χ0) is 15.4. The Balaban J connectivity index is 0. The summed E-state index contributed by atoms with van der Waals surface area (Å²) in [5, 5.41) is 8.98. The van der Waals surface area contributed by atoms with Gasteiger partial charge in [-0.1, -0.05) is 58.8 Å². The summed E-state index contributed by atoms with van der Waals surface area (Å²) < 4.78 is 33.7. The molecule has 122 valence electrons. The van der Waals surface area contributed by atoms with Gasteiger partial charge in [-0.25, -0.2) is 8.42 Å². The molecule has 0 fully saturated rings. The van der Waals surface area contributed by atoms with Crippen molar-refractivity contribution in [2.24, 2.45) is 0 Å². The van der Waals surface area contributed by atoms with E-state index in [-0.39, 0.29) is 51.4 Å². The van der Waals surface area contributed by atoms with Gasteiger partial charge in [0, 0.05) is 5.25 Å². The van der Waals surface area contributed by atoms with Gasteiger partial charge in [-0.3, -0.25) is 0 Å². The van der Waals surface area contributed by atoms with Crippen molar-refractivity contribution in [3.63, 3.8) is 0 Å². The van der Waals surface area contributed by atoms with Crippen LogP contribution in [0.15, 0.2) is 0 Å². The molecule has 0 radical (unpaired) electrons. The van der Waals surface area contributed by atoms with Gasteiger partial charge in [-0.2, -0.15) is 0 Å². The second-order valence-electron chi connectivity index (χ2n) is 5.69. The molecule has 2 atom stereocenters. The third-order valence-electron chi connectivity index (χ3n) is 3.75. The van der Waals surface area contributed by atoms with Gasteiger partial charge in [0.1, 0.15) is 0 Å². The summed E-state index contributed by atoms with van der Waals surface area (Å²) in [7, 11) is -4.23. The van der Waals surface area contributed by atoms with Crippen molar-refractivity contribution in [1.29, 1.82) is 0 Å². The molecule has 0 saturated heterocycles. The predicted molar refractivity (Wildman–Crippen MR) is 81.6 cm³/mol. The van der Waals surface area contributed by atoms with E-state index in [1.54, 1.807) is 0 Å². The second-order valence-corrected chi connectivity index (χ2v) is 7.34. The fraction of sp³-hybridized carbons (Fsp3) is 1.00. The quantitative estimate of drug-likeness (QED) is 0.301. The first kappa shape index (κ1) is 24.8. The molecule has 0 aliphatic carbocycles. The zero-order valence-electron chi connectivity index (χ0n) is 14.0. The standard InChI is InChI=1S/C15H32O4S.K/c1-3-5-7-9-11-15(20(17,18)19)13-12-14(16)10-8-6-4-2;/h14-16H,3-13H2,1-2H3,(H,17,18,19);/q;+1/p-1. The van der Waals surface area contributed by atoms with E-state index in [4.69, 9.17) is 0 Å². The van der Waals surface area contributed by atoms with Gasteiger partial charge in [-0.05, 0) is 25.7 Å². The molecule has 0 spiro atoms. The van der Waals surface area contributed by atoms with Crippen molar-refractivity contribution < 1.29 is 69.5 Å². The van der Waals surface area contributed by atoms with E-state index in [0.29, 0.717) is 25.7 Å². The van der Waals surface area contributed by atoms with Gasteiger partial charge in [0.25, 0.3) is 0 Å². The van der Waals surface area contributed by atoms with E-state index in [0.717, 1.165) is 44.9 Å². The Morgan fingerprint density at radius 1 is 0.857 bits per heavy atom. The Morgan fingerprint density at radius 3 is 1.90 bits per heavy atom. The molecule has 0 bridgehead atoms. The molecule has 1 N–H and O–H groups in total. The van der Waals surface area contributed by atoms with E-state index >= 15 is 0 Å². The van der Waals surface area contributed by atoms with Crippen molar-refractivity contribution in [1.82, 2.24) is 0 Å². The van der Waals surface area contributed by atoms with Crippen LogP contribution in [0.5, 0.6) is 0 Å². The van der Waals surface area contributed by atoms with Crippen molar-refractivity contribution in [2.75, 3.05) is 0 Å². The van der Waals surface area contributed by atoms with E-state index in [1.165, 1.54) is 0 Å². The smallest absolute Gasteiger partial charge is 0.748 e. The fourth-order valence-corrected chi connectivity index (χ4v) is 3.26. The molecule has 0 heterocycles. The molecular weight excluding hydrogens is 315 g/mol. The predicted octanol–water partition coefficient (Wildman–Crippen LogP) is 0.596. The minimum absolute atomic E-state index is 0. The van der Waals surface area contributed by atoms with Crippen LogP contribution < -0.4 is 51.4 Å². The number of hydrogen-bond donors (Lipinski definition) is 1. The number of aliphatic hydroxyl groups is 1. The molecule has 0 aromatic heterocycles. The molecule has 0 saturated carbocycles. The number of rotatable bonds is 13. The topological polar surface area (TPSA) is 77.4 Å². The Hall–Kier alpha value is 1.51. The van der Waals surface area contributed by atoms with Gasteiger partial charge < -0.3 is 9.66 Å². The van der Waals surface area contributed by atoms with E-state index in [2.05, 4.69) is 13.8 Å². The maximum atomic E-state index is 11.2. The SMILES string of the molecule is CCCCCCC(CCC(O)CCCCC)S(=O)(=O)[O-].[K+]. The summed E-state index contributed by atoms with van der Waals surface area (Å²) in [5.74, 6) is 0. The summed E-state index contributed by atoms with van der Waals surface area (Å²) in [6.45, 7) is 4.19. The van der Waals surface area contributed by atoms with Crippen LogP contribution in [0.1, 0.15) is 84.5 Å². The molecule has 21 heavy (non-hydrogen) atoms. The Labute approximate surface area is 173 Å².